The molecule has 0 amide bonds. The van der Waals surface area contributed by atoms with E-state index in [-0.39, 0.29) is 17.1 Å². The summed E-state index contributed by atoms with van der Waals surface area (Å²) in [4.78, 5) is 30.5. The molecular formula is C25H19ClN2O3S. The van der Waals surface area contributed by atoms with Crippen molar-refractivity contribution >= 4 is 29.1 Å². The number of rotatable bonds is 7. The van der Waals surface area contributed by atoms with Crippen LogP contribution in [0.3, 0.4) is 0 Å². The highest BCUT2D eigenvalue weighted by Crippen LogP contribution is 2.25. The molecule has 0 N–H and O–H groups in total. The quantitative estimate of drug-likeness (QED) is 0.205. The number of ether oxygens (including phenoxy) is 1. The molecule has 0 aliphatic rings. The Labute approximate surface area is 194 Å². The summed E-state index contributed by atoms with van der Waals surface area (Å²) in [5.41, 5.74) is 2.34. The molecule has 0 fully saturated rings. The number of thioether (sulfide) groups is 1. The maximum atomic E-state index is 13.1. The molecule has 7 heteroatoms. The van der Waals surface area contributed by atoms with Crippen LogP contribution in [0.4, 0.5) is 0 Å². The molecule has 0 radical (unpaired) electrons. The molecule has 4 rings (SSSR count). The Balaban J connectivity index is 1.71. The SMILES string of the molecule is COc1ccc(-c2cc(=O)n(-c3ccccc3)c(SCC(=O)c3ccc(Cl)cc3)n2)cc1. The molecule has 5 nitrogen and oxygen atoms in total. The van der Waals surface area contributed by atoms with Gasteiger partial charge in [0.1, 0.15) is 5.75 Å². The highest BCUT2D eigenvalue weighted by Gasteiger charge is 2.15. The fraction of sp³-hybridized carbons (Fsp3) is 0.0800. The lowest BCUT2D eigenvalue weighted by molar-refractivity contribution is 0.102. The van der Waals surface area contributed by atoms with Gasteiger partial charge in [0.15, 0.2) is 10.9 Å². The minimum absolute atomic E-state index is 0.0737. The van der Waals surface area contributed by atoms with Crippen molar-refractivity contribution in [3.63, 3.8) is 0 Å². The smallest absolute Gasteiger partial charge is 0.259 e. The van der Waals surface area contributed by atoms with Crippen LogP contribution in [0.25, 0.3) is 16.9 Å². The monoisotopic (exact) mass is 462 g/mol. The molecule has 0 aliphatic heterocycles. The molecule has 0 saturated heterocycles. The largest absolute Gasteiger partial charge is 0.497 e. The van der Waals surface area contributed by atoms with Crippen LogP contribution in [0.1, 0.15) is 10.4 Å². The molecule has 160 valence electrons. The predicted octanol–water partition coefficient (Wildman–Crippen LogP) is 5.54. The lowest BCUT2D eigenvalue weighted by Gasteiger charge is -2.13. The first kappa shape index (κ1) is 21.9. The molecule has 4 aromatic rings. The second-order valence-electron chi connectivity index (χ2n) is 6.88. The summed E-state index contributed by atoms with van der Waals surface area (Å²) in [6.07, 6.45) is 0. The van der Waals surface area contributed by atoms with Gasteiger partial charge >= 0.3 is 0 Å². The van der Waals surface area contributed by atoms with Gasteiger partial charge in [0.2, 0.25) is 0 Å². The number of ketones is 1. The zero-order valence-corrected chi connectivity index (χ0v) is 18.8. The maximum absolute atomic E-state index is 13.1. The maximum Gasteiger partial charge on any atom is 0.259 e. The van der Waals surface area contributed by atoms with Crippen molar-refractivity contribution in [1.29, 1.82) is 0 Å². The number of para-hydroxylation sites is 1. The normalized spacial score (nSPS) is 10.7. The van der Waals surface area contributed by atoms with Gasteiger partial charge in [-0.25, -0.2) is 4.98 Å². The van der Waals surface area contributed by atoms with E-state index >= 15 is 0 Å². The number of aromatic nitrogens is 2. The van der Waals surface area contributed by atoms with Gasteiger partial charge in [-0.1, -0.05) is 41.6 Å². The first-order valence-corrected chi connectivity index (χ1v) is 11.2. The highest BCUT2D eigenvalue weighted by atomic mass is 35.5. The van der Waals surface area contributed by atoms with Gasteiger partial charge in [0.25, 0.3) is 5.56 Å². The fourth-order valence-corrected chi connectivity index (χ4v) is 4.17. The topological polar surface area (TPSA) is 61.2 Å². The van der Waals surface area contributed by atoms with Crippen molar-refractivity contribution in [2.45, 2.75) is 5.16 Å². The zero-order valence-electron chi connectivity index (χ0n) is 17.2. The van der Waals surface area contributed by atoms with E-state index in [4.69, 9.17) is 21.3 Å². The average Bonchev–Trinajstić information content (AvgIpc) is 2.83. The summed E-state index contributed by atoms with van der Waals surface area (Å²) < 4.78 is 6.73. The second kappa shape index (κ2) is 9.85. The number of benzene rings is 3. The number of halogens is 1. The summed E-state index contributed by atoms with van der Waals surface area (Å²) in [7, 11) is 1.60. The minimum Gasteiger partial charge on any atom is -0.497 e. The average molecular weight is 463 g/mol. The van der Waals surface area contributed by atoms with Crippen molar-refractivity contribution in [3.8, 4) is 22.7 Å². The van der Waals surface area contributed by atoms with Crippen LogP contribution in [-0.4, -0.2) is 28.2 Å². The summed E-state index contributed by atoms with van der Waals surface area (Å²) in [5, 5.41) is 1.01. The standard InChI is InChI=1S/C25H19ClN2O3S/c1-31-21-13-9-17(10-14-21)22-15-24(30)28(20-5-3-2-4-6-20)25(27-22)32-16-23(29)18-7-11-19(26)12-8-18/h2-15H,16H2,1H3. The number of nitrogens with zero attached hydrogens (tertiary/aromatic N) is 2. The van der Waals surface area contributed by atoms with Crippen LogP contribution in [0.2, 0.25) is 5.02 Å². The van der Waals surface area contributed by atoms with Crippen molar-refractivity contribution in [3.05, 3.63) is 106 Å². The van der Waals surface area contributed by atoms with Crippen molar-refractivity contribution in [2.75, 3.05) is 12.9 Å². The van der Waals surface area contributed by atoms with E-state index in [0.717, 1.165) is 11.3 Å². The third kappa shape index (κ3) is 4.93. The Kier molecular flexibility index (Phi) is 6.73. The Hall–Kier alpha value is -3.35. The molecule has 0 unspecified atom stereocenters. The van der Waals surface area contributed by atoms with E-state index in [1.807, 2.05) is 54.6 Å². The van der Waals surface area contributed by atoms with E-state index in [1.54, 1.807) is 31.4 Å². The van der Waals surface area contributed by atoms with Gasteiger partial charge in [-0.05, 0) is 60.7 Å². The van der Waals surface area contributed by atoms with Gasteiger partial charge < -0.3 is 4.74 Å². The van der Waals surface area contributed by atoms with E-state index in [9.17, 15) is 9.59 Å². The molecule has 0 atom stereocenters. The van der Waals surface area contributed by atoms with Crippen LogP contribution in [-0.2, 0) is 0 Å². The lowest BCUT2D eigenvalue weighted by atomic mass is 10.1. The van der Waals surface area contributed by atoms with Gasteiger partial charge in [-0.3, -0.25) is 14.2 Å². The minimum atomic E-state index is -0.224. The van der Waals surface area contributed by atoms with Gasteiger partial charge in [-0.2, -0.15) is 0 Å². The first-order chi connectivity index (χ1) is 15.5. The molecule has 1 heterocycles. The Morgan fingerprint density at radius 1 is 1.00 bits per heavy atom. The molecule has 0 spiro atoms. The summed E-state index contributed by atoms with van der Waals surface area (Å²) in [6.45, 7) is 0. The summed E-state index contributed by atoms with van der Waals surface area (Å²) >= 11 is 7.14. The van der Waals surface area contributed by atoms with E-state index in [0.29, 0.717) is 27.1 Å². The summed E-state index contributed by atoms with van der Waals surface area (Å²) in [5.74, 6) is 0.775. The van der Waals surface area contributed by atoms with Crippen LogP contribution in [0.15, 0.2) is 94.9 Å². The Bertz CT molecular complexity index is 1290. The third-order valence-electron chi connectivity index (χ3n) is 4.79. The van der Waals surface area contributed by atoms with E-state index in [2.05, 4.69) is 0 Å². The van der Waals surface area contributed by atoms with Crippen LogP contribution in [0, 0.1) is 0 Å². The van der Waals surface area contributed by atoms with Crippen LogP contribution >= 0.6 is 23.4 Å². The Morgan fingerprint density at radius 2 is 1.69 bits per heavy atom. The molecular weight excluding hydrogens is 444 g/mol. The molecule has 0 saturated carbocycles. The molecule has 0 aliphatic carbocycles. The third-order valence-corrected chi connectivity index (χ3v) is 5.98. The Morgan fingerprint density at radius 3 is 2.34 bits per heavy atom. The molecule has 3 aromatic carbocycles. The zero-order chi connectivity index (χ0) is 22.5. The van der Waals surface area contributed by atoms with E-state index in [1.165, 1.54) is 22.4 Å². The fourth-order valence-electron chi connectivity index (χ4n) is 3.13. The number of Topliss-reactive ketones (excluding diaryl/α,β-unsaturated/α-hetero) is 1. The van der Waals surface area contributed by atoms with Crippen molar-refractivity contribution in [2.24, 2.45) is 0 Å². The molecule has 0 bridgehead atoms. The van der Waals surface area contributed by atoms with Crippen LogP contribution < -0.4 is 10.3 Å². The first-order valence-electron chi connectivity index (χ1n) is 9.80. The number of carbonyl (C=O) groups is 1. The molecule has 1 aromatic heterocycles. The predicted molar refractivity (Wildman–Crippen MR) is 128 cm³/mol. The summed E-state index contributed by atoms with van der Waals surface area (Å²) in [6, 6.07) is 24.8. The number of hydrogen-bond acceptors (Lipinski definition) is 5. The van der Waals surface area contributed by atoms with Crippen LogP contribution in [0.5, 0.6) is 5.75 Å². The van der Waals surface area contributed by atoms with Gasteiger partial charge in [0, 0.05) is 22.2 Å². The van der Waals surface area contributed by atoms with Crippen molar-refractivity contribution < 1.29 is 9.53 Å². The van der Waals surface area contributed by atoms with Gasteiger partial charge in [0.05, 0.1) is 24.2 Å². The lowest BCUT2D eigenvalue weighted by Crippen LogP contribution is -2.21. The number of hydrogen-bond donors (Lipinski definition) is 0. The van der Waals surface area contributed by atoms with Gasteiger partial charge in [-0.15, -0.1) is 0 Å². The van der Waals surface area contributed by atoms with E-state index < -0.39 is 0 Å². The molecule has 32 heavy (non-hydrogen) atoms. The van der Waals surface area contributed by atoms with Crippen molar-refractivity contribution in [1.82, 2.24) is 9.55 Å². The number of methoxy groups -OCH3 is 1. The highest BCUT2D eigenvalue weighted by molar-refractivity contribution is 7.99. The number of carbonyl (C=O) groups excluding carboxylic acids is 1. The second-order valence-corrected chi connectivity index (χ2v) is 8.26.